The van der Waals surface area contributed by atoms with Crippen molar-refractivity contribution in [2.75, 3.05) is 0 Å². The molecule has 0 radical (unpaired) electrons. The van der Waals surface area contributed by atoms with E-state index in [1.165, 1.54) is 4.70 Å². The van der Waals surface area contributed by atoms with E-state index in [1.54, 1.807) is 29.7 Å². The third-order valence-corrected chi connectivity index (χ3v) is 6.93. The van der Waals surface area contributed by atoms with Crippen molar-refractivity contribution in [1.29, 1.82) is 0 Å². The molecule has 0 aliphatic carbocycles. The minimum Gasteiger partial charge on any atom is -0.268 e. The van der Waals surface area contributed by atoms with Crippen LogP contribution in [0.25, 0.3) is 47.5 Å². The fraction of sp³-hybridized carbons (Fsp3) is 0. The summed E-state index contributed by atoms with van der Waals surface area (Å²) in [6.07, 6.45) is 1.58. The van der Waals surface area contributed by atoms with Gasteiger partial charge in [-0.3, -0.25) is 9.59 Å². The first-order chi connectivity index (χ1) is 14.1. The van der Waals surface area contributed by atoms with E-state index in [2.05, 4.69) is 33.0 Å². The number of pyridine rings is 2. The standard InChI is InChI=1S/C23H11BrN2O2S/c24-12-5-10-19(25-11-12)26-22(27)15-7-6-14-13-3-1-2-4-17(13)29-18-9-8-16(23(26)28)20(15)21(14)18/h1-11H. The average Bonchev–Trinajstić information content (AvgIpc) is 2.74. The second kappa shape index (κ2) is 5.95. The van der Waals surface area contributed by atoms with Gasteiger partial charge in [-0.05, 0) is 63.1 Å². The molecule has 0 bridgehead atoms. The Morgan fingerprint density at radius 3 is 2.21 bits per heavy atom. The molecule has 0 unspecified atom stereocenters. The predicted molar refractivity (Wildman–Crippen MR) is 123 cm³/mol. The van der Waals surface area contributed by atoms with Gasteiger partial charge in [0.05, 0.1) is 0 Å². The second-order valence-electron chi connectivity index (χ2n) is 6.90. The van der Waals surface area contributed by atoms with Gasteiger partial charge in [0.2, 0.25) is 0 Å². The topological polar surface area (TPSA) is 52.0 Å². The van der Waals surface area contributed by atoms with E-state index in [-0.39, 0.29) is 11.1 Å². The van der Waals surface area contributed by atoms with Crippen molar-refractivity contribution in [3.8, 4) is 5.82 Å². The first kappa shape index (κ1) is 16.8. The zero-order chi connectivity index (χ0) is 19.7. The van der Waals surface area contributed by atoms with Gasteiger partial charge in [0.15, 0.2) is 0 Å². The molecule has 138 valence electrons. The lowest BCUT2D eigenvalue weighted by atomic mass is 9.98. The maximum Gasteiger partial charge on any atom is 0.267 e. The molecule has 3 aromatic heterocycles. The quantitative estimate of drug-likeness (QED) is 0.242. The van der Waals surface area contributed by atoms with Crippen LogP contribution in [0.5, 0.6) is 0 Å². The highest BCUT2D eigenvalue weighted by atomic mass is 79.9. The van der Waals surface area contributed by atoms with Gasteiger partial charge >= 0.3 is 0 Å². The van der Waals surface area contributed by atoms with Crippen LogP contribution in [0.1, 0.15) is 0 Å². The predicted octanol–water partition coefficient (Wildman–Crippen LogP) is 5.47. The summed E-state index contributed by atoms with van der Waals surface area (Å²) < 4.78 is 4.19. The maximum atomic E-state index is 13.3. The van der Waals surface area contributed by atoms with Gasteiger partial charge in [-0.15, -0.1) is 11.3 Å². The summed E-state index contributed by atoms with van der Waals surface area (Å²) in [4.78, 5) is 30.9. The van der Waals surface area contributed by atoms with Crippen LogP contribution in [0.4, 0.5) is 0 Å². The van der Waals surface area contributed by atoms with Crippen LogP contribution < -0.4 is 11.1 Å². The molecule has 3 heterocycles. The number of aromatic nitrogens is 2. The summed E-state index contributed by atoms with van der Waals surface area (Å²) in [7, 11) is 0. The first-order valence-electron chi connectivity index (χ1n) is 9.01. The highest BCUT2D eigenvalue weighted by molar-refractivity contribution is 9.10. The van der Waals surface area contributed by atoms with Crippen molar-refractivity contribution in [3.63, 3.8) is 0 Å². The third-order valence-electron chi connectivity index (χ3n) is 5.33. The summed E-state index contributed by atoms with van der Waals surface area (Å²) in [5.41, 5.74) is -0.685. The Morgan fingerprint density at radius 2 is 1.45 bits per heavy atom. The van der Waals surface area contributed by atoms with E-state index in [4.69, 9.17) is 0 Å². The largest absolute Gasteiger partial charge is 0.268 e. The molecule has 0 spiro atoms. The van der Waals surface area contributed by atoms with E-state index in [1.807, 2.05) is 36.4 Å². The molecule has 0 aliphatic rings. The summed E-state index contributed by atoms with van der Waals surface area (Å²) in [5, 5.41) is 4.98. The van der Waals surface area contributed by atoms with Crippen LogP contribution in [-0.2, 0) is 0 Å². The Morgan fingerprint density at radius 1 is 0.724 bits per heavy atom. The molecule has 0 aliphatic heterocycles. The van der Waals surface area contributed by atoms with Gasteiger partial charge in [0, 0.05) is 41.6 Å². The highest BCUT2D eigenvalue weighted by Gasteiger charge is 2.19. The monoisotopic (exact) mass is 458 g/mol. The number of halogens is 1. The van der Waals surface area contributed by atoms with E-state index in [0.717, 1.165) is 35.3 Å². The van der Waals surface area contributed by atoms with Crippen molar-refractivity contribution in [2.45, 2.75) is 0 Å². The number of benzene rings is 3. The fourth-order valence-electron chi connectivity index (χ4n) is 4.07. The van der Waals surface area contributed by atoms with Crippen molar-refractivity contribution < 1.29 is 0 Å². The maximum absolute atomic E-state index is 13.3. The second-order valence-corrected chi connectivity index (χ2v) is 8.90. The smallest absolute Gasteiger partial charge is 0.267 e. The lowest BCUT2D eigenvalue weighted by Crippen LogP contribution is -2.32. The molecule has 6 heteroatoms. The number of nitrogens with zero attached hydrogens (tertiary/aromatic N) is 2. The van der Waals surface area contributed by atoms with Crippen LogP contribution in [-0.4, -0.2) is 9.55 Å². The van der Waals surface area contributed by atoms with Gasteiger partial charge in [-0.1, -0.05) is 24.3 Å². The molecule has 29 heavy (non-hydrogen) atoms. The van der Waals surface area contributed by atoms with Crippen LogP contribution in [0.15, 0.2) is 80.9 Å². The van der Waals surface area contributed by atoms with Crippen molar-refractivity contribution in [2.24, 2.45) is 0 Å². The minimum absolute atomic E-state index is 0.321. The van der Waals surface area contributed by atoms with Gasteiger partial charge < -0.3 is 0 Å². The zero-order valence-corrected chi connectivity index (χ0v) is 17.3. The molecule has 0 N–H and O–H groups in total. The number of hydrogen-bond acceptors (Lipinski definition) is 4. The van der Waals surface area contributed by atoms with E-state index < -0.39 is 0 Å². The van der Waals surface area contributed by atoms with E-state index >= 15 is 0 Å². The molecule has 0 saturated heterocycles. The van der Waals surface area contributed by atoms with Crippen LogP contribution in [0, 0.1) is 0 Å². The molecule has 6 aromatic rings. The Hall–Kier alpha value is -3.09. The lowest BCUT2D eigenvalue weighted by molar-refractivity contribution is 0.922. The Bertz CT molecular complexity index is 1670. The Labute approximate surface area is 176 Å². The van der Waals surface area contributed by atoms with Gasteiger partial charge in [0.25, 0.3) is 11.1 Å². The third kappa shape index (κ3) is 2.27. The summed E-state index contributed by atoms with van der Waals surface area (Å²) in [5.74, 6) is 0.321. The zero-order valence-electron chi connectivity index (χ0n) is 14.8. The number of fused-ring (bicyclic) bond motifs is 2. The molecule has 0 amide bonds. The Balaban J connectivity index is 1.86. The average molecular weight is 459 g/mol. The van der Waals surface area contributed by atoms with Crippen LogP contribution in [0.2, 0.25) is 0 Å². The SMILES string of the molecule is O=c1c2ccc3sc4ccccc4c4ccc(c(=O)n1-c1ccc(Br)cn1)c2c34. The normalized spacial score (nSPS) is 11.9. The van der Waals surface area contributed by atoms with Crippen LogP contribution >= 0.6 is 27.3 Å². The molecule has 6 rings (SSSR count). The molecule has 0 atom stereocenters. The summed E-state index contributed by atoms with van der Waals surface area (Å²) in [6.45, 7) is 0. The molecule has 0 saturated carbocycles. The number of rotatable bonds is 1. The lowest BCUT2D eigenvalue weighted by Gasteiger charge is -2.13. The van der Waals surface area contributed by atoms with Crippen molar-refractivity contribution >= 4 is 69.0 Å². The molecular weight excluding hydrogens is 448 g/mol. The summed E-state index contributed by atoms with van der Waals surface area (Å²) in [6, 6.07) is 19.3. The van der Waals surface area contributed by atoms with Crippen LogP contribution in [0.3, 0.4) is 0 Å². The van der Waals surface area contributed by atoms with Gasteiger partial charge in [0.1, 0.15) is 5.82 Å². The van der Waals surface area contributed by atoms with Gasteiger partial charge in [-0.25, -0.2) is 9.55 Å². The molecule has 0 fully saturated rings. The highest BCUT2D eigenvalue weighted by Crippen LogP contribution is 2.39. The number of hydrogen-bond donors (Lipinski definition) is 0. The van der Waals surface area contributed by atoms with Crippen molar-refractivity contribution in [1.82, 2.24) is 9.55 Å². The minimum atomic E-state index is -0.343. The van der Waals surface area contributed by atoms with Gasteiger partial charge in [-0.2, -0.15) is 0 Å². The fourth-order valence-corrected chi connectivity index (χ4v) is 5.42. The Kier molecular flexibility index (Phi) is 3.45. The van der Waals surface area contributed by atoms with E-state index in [0.29, 0.717) is 16.6 Å². The first-order valence-corrected chi connectivity index (χ1v) is 10.6. The molecule has 4 nitrogen and oxygen atoms in total. The summed E-state index contributed by atoms with van der Waals surface area (Å²) >= 11 is 5.01. The van der Waals surface area contributed by atoms with E-state index in [9.17, 15) is 9.59 Å². The molecular formula is C23H11BrN2O2S. The molecule has 3 aromatic carbocycles. The van der Waals surface area contributed by atoms with Crippen molar-refractivity contribution in [3.05, 3.63) is 92.0 Å².